The summed E-state index contributed by atoms with van der Waals surface area (Å²) in [7, 11) is -2.82. The van der Waals surface area contributed by atoms with Gasteiger partial charge in [-0.3, -0.25) is 9.58 Å². The van der Waals surface area contributed by atoms with Crippen LogP contribution in [0.1, 0.15) is 57.3 Å². The lowest BCUT2D eigenvalue weighted by atomic mass is 9.91. The maximum Gasteiger partial charge on any atom is 0.435 e. The predicted octanol–water partition coefficient (Wildman–Crippen LogP) is 3.27. The number of hydrogen-bond donors (Lipinski definition) is 0. The molecule has 0 aromatic carbocycles. The molecule has 162 valence electrons. The number of likely N-dealkylation sites (tertiary alicyclic amines) is 1. The van der Waals surface area contributed by atoms with Crippen molar-refractivity contribution in [2.45, 2.75) is 63.7 Å². The van der Waals surface area contributed by atoms with E-state index in [2.05, 4.69) is 10.00 Å². The molecule has 1 aromatic rings. The zero-order chi connectivity index (χ0) is 21.0. The molecule has 0 bridgehead atoms. The molecule has 29 heavy (non-hydrogen) atoms. The van der Waals surface area contributed by atoms with E-state index in [0.29, 0.717) is 29.4 Å². The monoisotopic (exact) mass is 431 g/mol. The molecule has 3 heterocycles. The molecule has 2 saturated heterocycles. The quantitative estimate of drug-likeness (QED) is 0.721. The molecular formula is C20H28F3N3O2S. The van der Waals surface area contributed by atoms with Crippen molar-refractivity contribution in [3.05, 3.63) is 17.5 Å². The zero-order valence-electron chi connectivity index (χ0n) is 17.0. The smallest absolute Gasteiger partial charge is 0.300 e. The van der Waals surface area contributed by atoms with Gasteiger partial charge in [0.25, 0.3) is 0 Å². The molecule has 0 N–H and O–H groups in total. The maximum absolute atomic E-state index is 13.3. The molecule has 2 unspecified atom stereocenters. The van der Waals surface area contributed by atoms with Gasteiger partial charge in [-0.2, -0.15) is 18.3 Å². The number of hydrogen-bond acceptors (Lipinski definition) is 4. The Balaban J connectivity index is 1.28. The van der Waals surface area contributed by atoms with Crippen molar-refractivity contribution >= 4 is 9.84 Å². The first kappa shape index (κ1) is 19.8. The predicted molar refractivity (Wildman–Crippen MR) is 102 cm³/mol. The van der Waals surface area contributed by atoms with Gasteiger partial charge < -0.3 is 0 Å². The van der Waals surface area contributed by atoms with Crippen LogP contribution < -0.4 is 0 Å². The maximum atomic E-state index is 13.3. The van der Waals surface area contributed by atoms with E-state index >= 15 is 0 Å². The average Bonchev–Trinajstić information content (AvgIpc) is 3.01. The van der Waals surface area contributed by atoms with Crippen molar-refractivity contribution in [3.8, 4) is 0 Å². The van der Waals surface area contributed by atoms with E-state index in [1.54, 1.807) is 4.68 Å². The molecule has 1 aromatic heterocycles. The van der Waals surface area contributed by atoms with E-state index in [9.17, 15) is 21.6 Å². The summed E-state index contributed by atoms with van der Waals surface area (Å²) in [5.74, 6) is 1.64. The number of sulfone groups is 1. The Bertz CT molecular complexity index is 923. The summed E-state index contributed by atoms with van der Waals surface area (Å²) in [5, 5.41) is 3.91. The highest BCUT2D eigenvalue weighted by Gasteiger charge is 2.61. The van der Waals surface area contributed by atoms with Gasteiger partial charge in [0.2, 0.25) is 0 Å². The topological polar surface area (TPSA) is 55.2 Å². The van der Waals surface area contributed by atoms with Gasteiger partial charge in [0, 0.05) is 29.6 Å². The Labute approximate surface area is 169 Å². The standard InChI is InChI=1S/C20H28F3N3O2S/c1-18(2,3)26-15(8-16(24-26)20(21,22)23)17-13-6-12(7-14(13)17)25-5-4-19(9-25)10-29(27,28)11-19/h8,12-14,17H,4-7,9-11H2,1-3H3/t12?,13-,14+,17?. The number of alkyl halides is 3. The second-order valence-electron chi connectivity index (χ2n) is 10.8. The van der Waals surface area contributed by atoms with Crippen LogP contribution in [0.3, 0.4) is 0 Å². The van der Waals surface area contributed by atoms with Crippen LogP contribution in [0.25, 0.3) is 0 Å². The first-order valence-corrected chi connectivity index (χ1v) is 12.2. The van der Waals surface area contributed by atoms with Gasteiger partial charge in [-0.1, -0.05) is 0 Å². The minimum atomic E-state index is -4.43. The van der Waals surface area contributed by atoms with Crippen LogP contribution in [0.4, 0.5) is 13.2 Å². The van der Waals surface area contributed by atoms with E-state index in [4.69, 9.17) is 0 Å². The molecule has 4 aliphatic rings. The summed E-state index contributed by atoms with van der Waals surface area (Å²) >= 11 is 0. The fourth-order valence-electron chi connectivity index (χ4n) is 6.27. The van der Waals surface area contributed by atoms with E-state index < -0.39 is 27.2 Å². The van der Waals surface area contributed by atoms with Gasteiger partial charge in [-0.25, -0.2) is 8.42 Å². The van der Waals surface area contributed by atoms with Gasteiger partial charge >= 0.3 is 6.18 Å². The molecule has 9 heteroatoms. The second-order valence-corrected chi connectivity index (χ2v) is 12.8. The van der Waals surface area contributed by atoms with Gasteiger partial charge in [-0.05, 0) is 64.5 Å². The largest absolute Gasteiger partial charge is 0.435 e. The summed E-state index contributed by atoms with van der Waals surface area (Å²) in [4.78, 5) is 2.44. The molecule has 0 radical (unpaired) electrons. The van der Waals surface area contributed by atoms with Crippen LogP contribution in [0, 0.1) is 17.3 Å². The van der Waals surface area contributed by atoms with E-state index in [1.807, 2.05) is 20.8 Å². The van der Waals surface area contributed by atoms with Crippen molar-refractivity contribution in [3.63, 3.8) is 0 Å². The Hall–Kier alpha value is -1.09. The number of nitrogens with zero attached hydrogens (tertiary/aromatic N) is 3. The van der Waals surface area contributed by atoms with Crippen LogP contribution in [0.15, 0.2) is 6.07 Å². The Kier molecular flexibility index (Phi) is 3.96. The van der Waals surface area contributed by atoms with Gasteiger partial charge in [0.15, 0.2) is 15.5 Å². The SMILES string of the molecule is CC(C)(C)n1nc(C(F)(F)F)cc1C1[C@H]2CC(N3CCC4(C3)CS(=O)(=O)C4)C[C@@H]12. The summed E-state index contributed by atoms with van der Waals surface area (Å²) < 4.78 is 64.6. The Morgan fingerprint density at radius 2 is 1.76 bits per heavy atom. The Morgan fingerprint density at radius 1 is 1.14 bits per heavy atom. The van der Waals surface area contributed by atoms with Crippen LogP contribution in [0.2, 0.25) is 0 Å². The number of halogens is 3. The fraction of sp³-hybridized carbons (Fsp3) is 0.850. The van der Waals surface area contributed by atoms with E-state index in [1.165, 1.54) is 6.07 Å². The molecule has 2 aliphatic carbocycles. The number of aromatic nitrogens is 2. The highest BCUT2D eigenvalue weighted by Crippen LogP contribution is 2.65. The van der Waals surface area contributed by atoms with Crippen LogP contribution >= 0.6 is 0 Å². The van der Waals surface area contributed by atoms with Gasteiger partial charge in [0.05, 0.1) is 17.0 Å². The molecule has 2 aliphatic heterocycles. The third-order valence-corrected chi connectivity index (χ3v) is 9.57. The van der Waals surface area contributed by atoms with Crippen molar-refractivity contribution in [2.75, 3.05) is 24.6 Å². The average molecular weight is 432 g/mol. The summed E-state index contributed by atoms with van der Waals surface area (Å²) in [6.45, 7) is 7.48. The lowest BCUT2D eigenvalue weighted by Gasteiger charge is -2.38. The first-order chi connectivity index (χ1) is 13.3. The minimum Gasteiger partial charge on any atom is -0.300 e. The molecule has 1 spiro atoms. The summed E-state index contributed by atoms with van der Waals surface area (Å²) in [6.07, 6.45) is -1.48. The second kappa shape index (κ2) is 5.78. The van der Waals surface area contributed by atoms with Crippen LogP contribution in [-0.2, 0) is 21.6 Å². The van der Waals surface area contributed by atoms with Crippen molar-refractivity contribution < 1.29 is 21.6 Å². The molecule has 2 saturated carbocycles. The molecule has 5 rings (SSSR count). The highest BCUT2D eigenvalue weighted by atomic mass is 32.2. The highest BCUT2D eigenvalue weighted by molar-refractivity contribution is 7.92. The van der Waals surface area contributed by atoms with Crippen molar-refractivity contribution in [1.29, 1.82) is 0 Å². The van der Waals surface area contributed by atoms with Gasteiger partial charge in [0.1, 0.15) is 0 Å². The number of rotatable bonds is 2. The lowest BCUT2D eigenvalue weighted by molar-refractivity contribution is -0.141. The fourth-order valence-corrected chi connectivity index (χ4v) is 8.52. The van der Waals surface area contributed by atoms with Gasteiger partial charge in [-0.15, -0.1) is 0 Å². The molecule has 0 amide bonds. The zero-order valence-corrected chi connectivity index (χ0v) is 17.9. The van der Waals surface area contributed by atoms with E-state index in [-0.39, 0.29) is 11.3 Å². The van der Waals surface area contributed by atoms with E-state index in [0.717, 1.165) is 38.0 Å². The summed E-state index contributed by atoms with van der Waals surface area (Å²) in [5.41, 5.74) is -0.596. The summed E-state index contributed by atoms with van der Waals surface area (Å²) in [6, 6.07) is 1.70. The van der Waals surface area contributed by atoms with Crippen LogP contribution in [0.5, 0.6) is 0 Å². The molecule has 5 nitrogen and oxygen atoms in total. The van der Waals surface area contributed by atoms with Crippen molar-refractivity contribution in [1.82, 2.24) is 14.7 Å². The first-order valence-electron chi connectivity index (χ1n) is 10.4. The van der Waals surface area contributed by atoms with Crippen LogP contribution in [-0.4, -0.2) is 53.7 Å². The minimum absolute atomic E-state index is 0.0303. The third kappa shape index (κ3) is 3.23. The molecular weight excluding hydrogens is 403 g/mol. The number of fused-ring (bicyclic) bond motifs is 1. The Morgan fingerprint density at radius 3 is 2.28 bits per heavy atom. The van der Waals surface area contributed by atoms with Crippen molar-refractivity contribution in [2.24, 2.45) is 17.3 Å². The lowest BCUT2D eigenvalue weighted by Crippen LogP contribution is -2.50. The normalized spacial score (nSPS) is 35.7. The molecule has 4 atom stereocenters. The third-order valence-electron chi connectivity index (χ3n) is 7.46. The molecule has 4 fully saturated rings.